The van der Waals surface area contributed by atoms with Crippen LogP contribution in [0.3, 0.4) is 0 Å². The van der Waals surface area contributed by atoms with Gasteiger partial charge in [0.2, 0.25) is 0 Å². The molecule has 0 spiro atoms. The summed E-state index contributed by atoms with van der Waals surface area (Å²) in [6.07, 6.45) is 1.69. The van der Waals surface area contributed by atoms with Gasteiger partial charge < -0.3 is 15.2 Å². The first-order valence-corrected chi connectivity index (χ1v) is 6.01. The Balaban J connectivity index is 2.72. The lowest BCUT2D eigenvalue weighted by Crippen LogP contribution is -2.22. The van der Waals surface area contributed by atoms with Gasteiger partial charge in [0.05, 0.1) is 12.3 Å². The Labute approximate surface area is 103 Å². The minimum atomic E-state index is 0.133. The normalized spacial score (nSPS) is 12.5. The number of hydrogen-bond acceptors (Lipinski definition) is 4. The maximum atomic E-state index is 5.96. The van der Waals surface area contributed by atoms with Crippen LogP contribution in [-0.4, -0.2) is 31.3 Å². The molecule has 0 aliphatic rings. The smallest absolute Gasteiger partial charge is 0.140 e. The number of ether oxygens (including phenoxy) is 2. The summed E-state index contributed by atoms with van der Waals surface area (Å²) in [7, 11) is 1.66. The van der Waals surface area contributed by atoms with Crippen molar-refractivity contribution >= 4 is 0 Å². The van der Waals surface area contributed by atoms with Crippen LogP contribution in [0.5, 0.6) is 5.75 Å². The molecule has 1 heterocycles. The van der Waals surface area contributed by atoms with Gasteiger partial charge >= 0.3 is 0 Å². The number of hydrogen-bond donors (Lipinski definition) is 1. The summed E-state index contributed by atoms with van der Waals surface area (Å²) in [6, 6.07) is 4.04. The maximum absolute atomic E-state index is 5.96. The van der Waals surface area contributed by atoms with Crippen molar-refractivity contribution in [2.75, 3.05) is 20.3 Å². The van der Waals surface area contributed by atoms with E-state index in [-0.39, 0.29) is 6.04 Å². The quantitative estimate of drug-likeness (QED) is 0.734. The van der Waals surface area contributed by atoms with Gasteiger partial charge in [-0.3, -0.25) is 4.98 Å². The van der Waals surface area contributed by atoms with E-state index in [1.54, 1.807) is 7.11 Å². The van der Waals surface area contributed by atoms with Gasteiger partial charge in [-0.1, -0.05) is 6.92 Å². The minimum Gasteiger partial charge on any atom is -0.489 e. The van der Waals surface area contributed by atoms with Crippen molar-refractivity contribution in [3.8, 4) is 5.75 Å². The molecule has 4 heteroatoms. The number of aryl methyl sites for hydroxylation is 1. The predicted molar refractivity (Wildman–Crippen MR) is 68.3 cm³/mol. The Kier molecular flexibility index (Phi) is 5.94. The van der Waals surface area contributed by atoms with E-state index in [1.165, 1.54) is 0 Å². The fourth-order valence-electron chi connectivity index (χ4n) is 1.50. The highest BCUT2D eigenvalue weighted by atomic mass is 16.5. The third-order valence-electron chi connectivity index (χ3n) is 2.60. The molecule has 0 amide bonds. The van der Waals surface area contributed by atoms with Crippen LogP contribution < -0.4 is 10.5 Å². The molecule has 1 atom stereocenters. The first kappa shape index (κ1) is 13.9. The first-order chi connectivity index (χ1) is 8.17. The van der Waals surface area contributed by atoms with Crippen molar-refractivity contribution < 1.29 is 9.47 Å². The van der Waals surface area contributed by atoms with E-state index in [1.807, 2.05) is 19.1 Å². The van der Waals surface area contributed by atoms with Crippen LogP contribution in [-0.2, 0) is 11.2 Å². The summed E-state index contributed by atoms with van der Waals surface area (Å²) in [5.41, 5.74) is 7.89. The molecule has 0 saturated heterocycles. The average Bonchev–Trinajstić information content (AvgIpc) is 2.32. The van der Waals surface area contributed by atoms with E-state index in [9.17, 15) is 0 Å². The van der Waals surface area contributed by atoms with Gasteiger partial charge in [-0.2, -0.15) is 0 Å². The molecule has 1 aromatic rings. The Hall–Kier alpha value is -1.13. The molecule has 1 aromatic heterocycles. The van der Waals surface area contributed by atoms with Crippen LogP contribution in [0, 0.1) is 6.92 Å². The van der Waals surface area contributed by atoms with E-state index in [0.717, 1.165) is 30.0 Å². The summed E-state index contributed by atoms with van der Waals surface area (Å²) in [4.78, 5) is 4.49. The molecule has 0 aromatic carbocycles. The van der Waals surface area contributed by atoms with Gasteiger partial charge in [0, 0.05) is 25.3 Å². The van der Waals surface area contributed by atoms with E-state index in [0.29, 0.717) is 13.2 Å². The molecule has 0 aliphatic heterocycles. The molecule has 96 valence electrons. The number of pyridine rings is 1. The van der Waals surface area contributed by atoms with Crippen LogP contribution in [0.25, 0.3) is 0 Å². The topological polar surface area (TPSA) is 57.4 Å². The molecule has 17 heavy (non-hydrogen) atoms. The van der Waals surface area contributed by atoms with Gasteiger partial charge in [-0.15, -0.1) is 0 Å². The first-order valence-electron chi connectivity index (χ1n) is 6.01. The number of aromatic nitrogens is 1. The predicted octanol–water partition coefficient (Wildman–Crippen LogP) is 1.70. The summed E-state index contributed by atoms with van der Waals surface area (Å²) < 4.78 is 10.6. The van der Waals surface area contributed by atoms with Crippen LogP contribution in [0.4, 0.5) is 0 Å². The zero-order valence-corrected chi connectivity index (χ0v) is 10.9. The van der Waals surface area contributed by atoms with Crippen molar-refractivity contribution in [1.82, 2.24) is 4.98 Å². The molecule has 4 nitrogen and oxygen atoms in total. The number of nitrogens with zero attached hydrogens (tertiary/aromatic N) is 1. The summed E-state index contributed by atoms with van der Waals surface area (Å²) in [6.45, 7) is 5.16. The lowest BCUT2D eigenvalue weighted by atomic mass is 10.1. The van der Waals surface area contributed by atoms with Crippen molar-refractivity contribution in [3.05, 3.63) is 23.5 Å². The summed E-state index contributed by atoms with van der Waals surface area (Å²) in [5.74, 6) is 0.816. The standard InChI is InChI=1S/C13H22N2O2/c1-4-11(14)9-12-13(17-8-7-16-3)6-5-10(2)15-12/h5-6,11H,4,7-9,14H2,1-3H3. The van der Waals surface area contributed by atoms with E-state index in [2.05, 4.69) is 11.9 Å². The molecule has 2 N–H and O–H groups in total. The third kappa shape index (κ3) is 4.71. The molecular weight excluding hydrogens is 216 g/mol. The van der Waals surface area contributed by atoms with Gasteiger partial charge in [0.25, 0.3) is 0 Å². The SMILES string of the molecule is CCC(N)Cc1nc(C)ccc1OCCOC. The molecule has 1 rings (SSSR count). The van der Waals surface area contributed by atoms with Crippen molar-refractivity contribution in [1.29, 1.82) is 0 Å². The average molecular weight is 238 g/mol. The molecule has 0 aliphatic carbocycles. The molecule has 1 unspecified atom stereocenters. The number of methoxy groups -OCH3 is 1. The monoisotopic (exact) mass is 238 g/mol. The second-order valence-electron chi connectivity index (χ2n) is 4.11. The highest BCUT2D eigenvalue weighted by molar-refractivity contribution is 5.30. The van der Waals surface area contributed by atoms with Crippen molar-refractivity contribution in [2.45, 2.75) is 32.7 Å². The Morgan fingerprint density at radius 3 is 2.76 bits per heavy atom. The fourth-order valence-corrected chi connectivity index (χ4v) is 1.50. The van der Waals surface area contributed by atoms with E-state index in [4.69, 9.17) is 15.2 Å². The maximum Gasteiger partial charge on any atom is 0.140 e. The van der Waals surface area contributed by atoms with Gasteiger partial charge in [-0.05, 0) is 25.5 Å². The van der Waals surface area contributed by atoms with E-state index < -0.39 is 0 Å². The molecule has 0 radical (unpaired) electrons. The Morgan fingerprint density at radius 2 is 2.12 bits per heavy atom. The number of rotatable bonds is 7. The second kappa shape index (κ2) is 7.25. The van der Waals surface area contributed by atoms with Crippen LogP contribution >= 0.6 is 0 Å². The van der Waals surface area contributed by atoms with Crippen molar-refractivity contribution in [2.24, 2.45) is 5.73 Å². The largest absolute Gasteiger partial charge is 0.489 e. The highest BCUT2D eigenvalue weighted by Gasteiger charge is 2.09. The lowest BCUT2D eigenvalue weighted by molar-refractivity contribution is 0.145. The third-order valence-corrected chi connectivity index (χ3v) is 2.60. The van der Waals surface area contributed by atoms with Gasteiger partial charge in [0.1, 0.15) is 12.4 Å². The molecule has 0 saturated carbocycles. The molecular formula is C13H22N2O2. The minimum absolute atomic E-state index is 0.133. The van der Waals surface area contributed by atoms with Crippen molar-refractivity contribution in [3.63, 3.8) is 0 Å². The lowest BCUT2D eigenvalue weighted by Gasteiger charge is -2.14. The highest BCUT2D eigenvalue weighted by Crippen LogP contribution is 2.18. The summed E-state index contributed by atoms with van der Waals surface area (Å²) >= 11 is 0. The van der Waals surface area contributed by atoms with E-state index >= 15 is 0 Å². The van der Waals surface area contributed by atoms with Crippen LogP contribution in [0.2, 0.25) is 0 Å². The Bertz CT molecular complexity index is 342. The Morgan fingerprint density at radius 1 is 1.35 bits per heavy atom. The van der Waals surface area contributed by atoms with Crippen LogP contribution in [0.15, 0.2) is 12.1 Å². The van der Waals surface area contributed by atoms with Crippen LogP contribution in [0.1, 0.15) is 24.7 Å². The second-order valence-corrected chi connectivity index (χ2v) is 4.11. The zero-order chi connectivity index (χ0) is 12.7. The van der Waals surface area contributed by atoms with Gasteiger partial charge in [-0.25, -0.2) is 0 Å². The fraction of sp³-hybridized carbons (Fsp3) is 0.615. The number of nitrogens with two attached hydrogens (primary N) is 1. The zero-order valence-electron chi connectivity index (χ0n) is 10.9. The molecule has 0 bridgehead atoms. The van der Waals surface area contributed by atoms with Gasteiger partial charge in [0.15, 0.2) is 0 Å². The summed E-state index contributed by atoms with van der Waals surface area (Å²) in [5, 5.41) is 0. The molecule has 0 fully saturated rings.